The molecule has 0 aliphatic carbocycles. The van der Waals surface area contributed by atoms with Crippen molar-refractivity contribution in [2.75, 3.05) is 5.32 Å². The number of anilines is 1. The summed E-state index contributed by atoms with van der Waals surface area (Å²) in [6.07, 6.45) is 0. The van der Waals surface area contributed by atoms with Gasteiger partial charge in [-0.2, -0.15) is 0 Å². The van der Waals surface area contributed by atoms with Crippen LogP contribution in [0.3, 0.4) is 0 Å². The maximum Gasteiger partial charge on any atom is 0.333 e. The van der Waals surface area contributed by atoms with E-state index in [1.54, 1.807) is 0 Å². The molecule has 21 heavy (non-hydrogen) atoms. The van der Waals surface area contributed by atoms with Gasteiger partial charge in [-0.1, -0.05) is 22.0 Å². The van der Waals surface area contributed by atoms with Crippen molar-refractivity contribution < 1.29 is 18.7 Å². The molecule has 2 N–H and O–H groups in total. The van der Waals surface area contributed by atoms with Crippen molar-refractivity contribution >= 4 is 27.6 Å². The lowest BCUT2D eigenvalue weighted by molar-refractivity contribution is -0.142. The van der Waals surface area contributed by atoms with Crippen LogP contribution in [0.15, 0.2) is 46.9 Å². The maximum atomic E-state index is 13.2. The first-order chi connectivity index (χ1) is 9.83. The first-order valence-corrected chi connectivity index (χ1v) is 6.85. The van der Waals surface area contributed by atoms with Gasteiger partial charge in [-0.3, -0.25) is 0 Å². The number of aliphatic carboxylic acids is 1. The van der Waals surface area contributed by atoms with Crippen molar-refractivity contribution in [3.8, 4) is 0 Å². The van der Waals surface area contributed by atoms with Gasteiger partial charge in [0.25, 0.3) is 0 Å². The molecule has 2 aromatic carbocycles. The molecule has 1 unspecified atom stereocenters. The smallest absolute Gasteiger partial charge is 0.333 e. The second kappa shape index (κ2) is 5.81. The molecule has 0 fully saturated rings. The lowest BCUT2D eigenvalue weighted by atomic mass is 9.91. The summed E-state index contributed by atoms with van der Waals surface area (Å²) < 4.78 is 26.4. The molecular formula is C15H12BrF2NO2. The Bertz CT molecular complexity index is 676. The van der Waals surface area contributed by atoms with E-state index in [1.807, 2.05) is 0 Å². The average molecular weight is 356 g/mol. The van der Waals surface area contributed by atoms with E-state index in [2.05, 4.69) is 21.2 Å². The van der Waals surface area contributed by atoms with E-state index in [9.17, 15) is 18.7 Å². The molecule has 2 aromatic rings. The molecule has 0 saturated heterocycles. The Hall–Kier alpha value is -1.95. The molecule has 0 aliphatic rings. The van der Waals surface area contributed by atoms with Gasteiger partial charge in [-0.05, 0) is 43.3 Å². The number of benzene rings is 2. The minimum atomic E-state index is -1.50. The van der Waals surface area contributed by atoms with Crippen molar-refractivity contribution in [3.05, 3.63) is 64.1 Å². The van der Waals surface area contributed by atoms with E-state index in [4.69, 9.17) is 0 Å². The molecule has 0 amide bonds. The van der Waals surface area contributed by atoms with Crippen LogP contribution in [-0.2, 0) is 10.3 Å². The van der Waals surface area contributed by atoms with Crippen LogP contribution in [0.25, 0.3) is 0 Å². The number of hydrogen-bond donors (Lipinski definition) is 2. The summed E-state index contributed by atoms with van der Waals surface area (Å²) in [5.41, 5.74) is -0.692. The molecule has 0 aliphatic heterocycles. The van der Waals surface area contributed by atoms with Crippen LogP contribution in [0.1, 0.15) is 12.5 Å². The van der Waals surface area contributed by atoms with Crippen molar-refractivity contribution in [2.45, 2.75) is 12.5 Å². The summed E-state index contributed by atoms with van der Waals surface area (Å²) in [5, 5.41) is 12.4. The Labute approximate surface area is 128 Å². The van der Waals surface area contributed by atoms with Gasteiger partial charge in [-0.25, -0.2) is 13.6 Å². The SMILES string of the molecule is CC(Nc1ccc(F)cc1)(C(=O)O)c1ccc(F)cc1Br. The highest BCUT2D eigenvalue weighted by Gasteiger charge is 2.37. The van der Waals surface area contributed by atoms with Gasteiger partial charge in [0.1, 0.15) is 11.6 Å². The fourth-order valence-electron chi connectivity index (χ4n) is 1.95. The van der Waals surface area contributed by atoms with Crippen molar-refractivity contribution in [1.29, 1.82) is 0 Å². The Morgan fingerprint density at radius 3 is 2.24 bits per heavy atom. The van der Waals surface area contributed by atoms with E-state index in [-0.39, 0.29) is 0 Å². The Kier molecular flexibility index (Phi) is 4.27. The van der Waals surface area contributed by atoms with Gasteiger partial charge in [0, 0.05) is 15.7 Å². The maximum absolute atomic E-state index is 13.2. The van der Waals surface area contributed by atoms with Crippen LogP contribution in [0.4, 0.5) is 14.5 Å². The van der Waals surface area contributed by atoms with Gasteiger partial charge >= 0.3 is 5.97 Å². The highest BCUT2D eigenvalue weighted by molar-refractivity contribution is 9.10. The standard InChI is InChI=1S/C15H12BrF2NO2/c1-15(14(20)21,12-7-4-10(18)8-13(12)16)19-11-5-2-9(17)3-6-11/h2-8,19H,1H3,(H,20,21). The zero-order valence-electron chi connectivity index (χ0n) is 11.0. The zero-order valence-corrected chi connectivity index (χ0v) is 12.6. The van der Waals surface area contributed by atoms with Crippen LogP contribution >= 0.6 is 15.9 Å². The van der Waals surface area contributed by atoms with E-state index in [0.717, 1.165) is 0 Å². The predicted octanol–water partition coefficient (Wildman–Crippen LogP) is 4.14. The summed E-state index contributed by atoms with van der Waals surface area (Å²) in [4.78, 5) is 11.7. The Morgan fingerprint density at radius 1 is 1.14 bits per heavy atom. The molecule has 1 atom stereocenters. The van der Waals surface area contributed by atoms with E-state index < -0.39 is 23.1 Å². The largest absolute Gasteiger partial charge is 0.479 e. The summed E-state index contributed by atoms with van der Waals surface area (Å²) in [6.45, 7) is 1.46. The number of carboxylic acid groups (broad SMARTS) is 1. The average Bonchev–Trinajstić information content (AvgIpc) is 2.41. The van der Waals surface area contributed by atoms with Crippen LogP contribution in [0.2, 0.25) is 0 Å². The molecule has 0 radical (unpaired) electrons. The summed E-state index contributed by atoms with van der Waals surface area (Å²) in [5.74, 6) is -2.03. The van der Waals surface area contributed by atoms with Crippen LogP contribution in [-0.4, -0.2) is 11.1 Å². The van der Waals surface area contributed by atoms with Gasteiger partial charge in [-0.15, -0.1) is 0 Å². The predicted molar refractivity (Wildman–Crippen MR) is 79.1 cm³/mol. The molecule has 0 aromatic heterocycles. The van der Waals surface area contributed by atoms with E-state index in [1.165, 1.54) is 49.4 Å². The fourth-order valence-corrected chi connectivity index (χ4v) is 2.70. The van der Waals surface area contributed by atoms with Crippen molar-refractivity contribution in [2.24, 2.45) is 0 Å². The van der Waals surface area contributed by atoms with Crippen LogP contribution in [0.5, 0.6) is 0 Å². The lowest BCUT2D eigenvalue weighted by Gasteiger charge is -2.29. The quantitative estimate of drug-likeness (QED) is 0.866. The van der Waals surface area contributed by atoms with E-state index in [0.29, 0.717) is 15.7 Å². The number of carbonyl (C=O) groups is 1. The first-order valence-electron chi connectivity index (χ1n) is 6.05. The van der Waals surface area contributed by atoms with Crippen LogP contribution < -0.4 is 5.32 Å². The number of carboxylic acids is 1. The first kappa shape index (κ1) is 15.4. The summed E-state index contributed by atoms with van der Waals surface area (Å²) in [6, 6.07) is 9.11. The minimum absolute atomic E-state index is 0.335. The monoisotopic (exact) mass is 355 g/mol. The lowest BCUT2D eigenvalue weighted by Crippen LogP contribution is -2.40. The molecule has 110 valence electrons. The molecule has 0 saturated carbocycles. The summed E-state index contributed by atoms with van der Waals surface area (Å²) >= 11 is 3.17. The third-order valence-electron chi connectivity index (χ3n) is 3.14. The number of nitrogens with one attached hydrogen (secondary N) is 1. The molecule has 3 nitrogen and oxygen atoms in total. The Morgan fingerprint density at radius 2 is 1.71 bits per heavy atom. The van der Waals surface area contributed by atoms with Crippen molar-refractivity contribution in [1.82, 2.24) is 0 Å². The number of rotatable bonds is 4. The molecule has 0 heterocycles. The fraction of sp³-hybridized carbons (Fsp3) is 0.133. The molecule has 0 spiro atoms. The molecule has 2 rings (SSSR count). The van der Waals surface area contributed by atoms with Gasteiger partial charge in [0.05, 0.1) is 0 Å². The third-order valence-corrected chi connectivity index (χ3v) is 3.79. The number of hydrogen-bond acceptors (Lipinski definition) is 2. The highest BCUT2D eigenvalue weighted by Crippen LogP contribution is 2.32. The third kappa shape index (κ3) is 3.21. The molecule has 0 bridgehead atoms. The Balaban J connectivity index is 2.45. The minimum Gasteiger partial charge on any atom is -0.479 e. The van der Waals surface area contributed by atoms with Gasteiger partial charge < -0.3 is 10.4 Å². The number of halogens is 3. The van der Waals surface area contributed by atoms with Crippen LogP contribution in [0, 0.1) is 11.6 Å². The van der Waals surface area contributed by atoms with Gasteiger partial charge in [0.15, 0.2) is 5.54 Å². The second-order valence-electron chi connectivity index (χ2n) is 4.69. The van der Waals surface area contributed by atoms with Crippen molar-refractivity contribution in [3.63, 3.8) is 0 Å². The highest BCUT2D eigenvalue weighted by atomic mass is 79.9. The normalized spacial score (nSPS) is 13.5. The zero-order chi connectivity index (χ0) is 15.6. The topological polar surface area (TPSA) is 49.3 Å². The molecular weight excluding hydrogens is 344 g/mol. The second-order valence-corrected chi connectivity index (χ2v) is 5.54. The van der Waals surface area contributed by atoms with E-state index >= 15 is 0 Å². The summed E-state index contributed by atoms with van der Waals surface area (Å²) in [7, 11) is 0. The molecule has 6 heteroatoms. The van der Waals surface area contributed by atoms with Gasteiger partial charge in [0.2, 0.25) is 0 Å².